The number of benzene rings is 4. The Morgan fingerprint density at radius 3 is 0.981 bits per heavy atom. The fourth-order valence-corrected chi connectivity index (χ4v) is 29.5. The van der Waals surface area contributed by atoms with E-state index in [1.165, 1.54) is 163 Å². The van der Waals surface area contributed by atoms with Gasteiger partial charge in [0.2, 0.25) is 0 Å². The van der Waals surface area contributed by atoms with Gasteiger partial charge in [-0.3, -0.25) is 19.9 Å². The van der Waals surface area contributed by atoms with Gasteiger partial charge in [0.15, 0.2) is 33.3 Å². The molecule has 4 aromatic heterocycles. The van der Waals surface area contributed by atoms with E-state index in [2.05, 4.69) is 120 Å². The molecular weight excluding hydrogens is 1420 g/mol. The average Bonchev–Trinajstić information content (AvgIpc) is 0.980. The molecule has 5 N–H and O–H groups in total. The van der Waals surface area contributed by atoms with Crippen LogP contribution >= 0.6 is 15.9 Å². The molecule has 8 aromatic rings. The van der Waals surface area contributed by atoms with E-state index in [0.717, 1.165) is 63.6 Å². The first kappa shape index (κ1) is 89.1. The number of rotatable bonds is 32. The van der Waals surface area contributed by atoms with E-state index in [1.807, 2.05) is 73.7 Å². The number of aromatic hydroxyl groups is 3. The zero-order chi connectivity index (χ0) is 75.9. The van der Waals surface area contributed by atoms with Crippen LogP contribution < -0.4 is 10.2 Å². The van der Waals surface area contributed by atoms with Gasteiger partial charge in [-0.2, -0.15) is 21.0 Å². The van der Waals surface area contributed by atoms with Crippen molar-refractivity contribution in [2.45, 2.75) is 200 Å². The molecule has 0 bridgehead atoms. The number of hydrogen-bond donors (Lipinski definition) is 5. The first-order valence-electron chi connectivity index (χ1n) is 36.0. The molecule has 103 heavy (non-hydrogen) atoms. The minimum Gasteiger partial charge on any atom is -0.506 e. The summed E-state index contributed by atoms with van der Waals surface area (Å²) in [4.78, 5) is 16.5. The molecular formula is C81H110BBrN8O8Si4. The normalized spacial score (nSPS) is 10.9. The summed E-state index contributed by atoms with van der Waals surface area (Å²) >= 11 is 3.50. The summed E-state index contributed by atoms with van der Waals surface area (Å²) in [6.07, 6.45) is 27.1. The van der Waals surface area contributed by atoms with Crippen molar-refractivity contribution >= 4 is 61.8 Å². The van der Waals surface area contributed by atoms with E-state index in [9.17, 15) is 0 Å². The van der Waals surface area contributed by atoms with E-state index in [0.29, 0.717) is 27.7 Å². The number of ether oxygens (including phenoxy) is 1. The van der Waals surface area contributed by atoms with E-state index in [-0.39, 0.29) is 17.2 Å². The molecule has 0 aliphatic heterocycles. The first-order valence-corrected chi connectivity index (χ1v) is 49.6. The van der Waals surface area contributed by atoms with Crippen LogP contribution in [0.25, 0.3) is 33.8 Å². The second-order valence-corrected chi connectivity index (χ2v) is 46.2. The van der Waals surface area contributed by atoms with Crippen LogP contribution in [0, 0.1) is 52.2 Å². The van der Waals surface area contributed by atoms with Crippen molar-refractivity contribution in [3.8, 4) is 81.0 Å². The topological polar surface area (TPSA) is 276 Å². The molecule has 0 atom stereocenters. The number of aromatic nitrogens is 4. The summed E-state index contributed by atoms with van der Waals surface area (Å²) in [7, 11) is -7.24. The number of unbranched alkanes of at least 4 members (excludes halogenated alkanes) is 12. The molecule has 0 saturated carbocycles. The SMILES string of the molecule is CCCC[Si](C)(C)O[Si](C)(C)CCCCCCCCBr.CCCC[Si](C)(C)O[Si](C)(C)CCCCCCCCOc1ccc(-c2ccc(C#N)cc2)nc1.Cc1ccc(O)cn1.N#Cc1ccc(-c2ccc(O)cn2)cc1.N#Cc1ccc(-c2ccc(O)cn2)cc1.N#Cc1ccc(B(O)O)cc1. The fraction of sp³-hybridized carbons (Fsp3) is 0.407. The number of nitriles is 4. The summed E-state index contributed by atoms with van der Waals surface area (Å²) in [6, 6.07) is 55.3. The predicted molar refractivity (Wildman–Crippen MR) is 434 cm³/mol. The second-order valence-electron chi connectivity index (χ2n) is 27.7. The molecule has 0 aliphatic rings. The van der Waals surface area contributed by atoms with Crippen molar-refractivity contribution in [1.82, 2.24) is 19.9 Å². The maximum atomic E-state index is 9.08. The third-order valence-electron chi connectivity index (χ3n) is 16.4. The number of aryl methyl sites for hydroxylation is 1. The Labute approximate surface area is 628 Å². The molecule has 548 valence electrons. The van der Waals surface area contributed by atoms with E-state index >= 15 is 0 Å². The Balaban J connectivity index is 0.000000342. The Bertz CT molecular complexity index is 3660. The van der Waals surface area contributed by atoms with Gasteiger partial charge in [-0.25, -0.2) is 0 Å². The predicted octanol–water partition coefficient (Wildman–Crippen LogP) is 20.5. The molecule has 4 heterocycles. The minimum atomic E-state index is -1.51. The van der Waals surface area contributed by atoms with Crippen molar-refractivity contribution in [1.29, 1.82) is 21.0 Å². The van der Waals surface area contributed by atoms with Crippen molar-refractivity contribution in [2.75, 3.05) is 11.9 Å². The molecule has 0 amide bonds. The van der Waals surface area contributed by atoms with Crippen LogP contribution in [0.15, 0.2) is 170 Å². The Morgan fingerprint density at radius 2 is 0.689 bits per heavy atom. The van der Waals surface area contributed by atoms with Crippen molar-refractivity contribution in [3.63, 3.8) is 0 Å². The molecule has 0 spiro atoms. The zero-order valence-electron chi connectivity index (χ0n) is 62.7. The van der Waals surface area contributed by atoms with E-state index in [1.54, 1.807) is 66.9 Å². The maximum absolute atomic E-state index is 9.08. The maximum Gasteiger partial charge on any atom is 0.488 e. The lowest BCUT2D eigenvalue weighted by molar-refractivity contribution is 0.303. The van der Waals surface area contributed by atoms with Crippen LogP contribution in [0.2, 0.25) is 76.6 Å². The third kappa shape index (κ3) is 39.9. The van der Waals surface area contributed by atoms with Crippen LogP contribution in [-0.2, 0) is 8.23 Å². The summed E-state index contributed by atoms with van der Waals surface area (Å²) in [5.74, 6) is 1.32. The summed E-state index contributed by atoms with van der Waals surface area (Å²) in [5, 5.41) is 79.9. The number of hydrogen-bond acceptors (Lipinski definition) is 16. The quantitative estimate of drug-likeness (QED) is 0.0149. The second kappa shape index (κ2) is 49.5. The van der Waals surface area contributed by atoms with Gasteiger partial charge in [-0.1, -0.05) is 168 Å². The van der Waals surface area contributed by atoms with Gasteiger partial charge in [0.1, 0.15) is 23.0 Å². The Kier molecular flexibility index (Phi) is 42.9. The number of alkyl halides is 1. The van der Waals surface area contributed by atoms with Gasteiger partial charge in [0, 0.05) is 27.7 Å². The zero-order valence-corrected chi connectivity index (χ0v) is 68.3. The van der Waals surface area contributed by atoms with Gasteiger partial charge < -0.3 is 38.3 Å². The van der Waals surface area contributed by atoms with Gasteiger partial charge in [0.05, 0.1) is 95.0 Å². The molecule has 16 nitrogen and oxygen atoms in total. The molecule has 0 fully saturated rings. The van der Waals surface area contributed by atoms with Gasteiger partial charge in [-0.15, -0.1) is 0 Å². The molecule has 0 unspecified atom stereocenters. The van der Waals surface area contributed by atoms with Crippen LogP contribution in [-0.4, -0.2) is 97.6 Å². The third-order valence-corrected chi connectivity index (χ3v) is 32.0. The highest BCUT2D eigenvalue weighted by molar-refractivity contribution is 9.09. The van der Waals surface area contributed by atoms with E-state index < -0.39 is 40.4 Å². The van der Waals surface area contributed by atoms with Crippen LogP contribution in [0.5, 0.6) is 23.0 Å². The molecule has 0 saturated heterocycles. The van der Waals surface area contributed by atoms with Crippen LogP contribution in [0.4, 0.5) is 0 Å². The standard InChI is InChI=1S/C28H44N2O2Si2.C16H37BrOSi2.2C12H8N2O.C7H6BNO2.C6H7NO/c1-6-7-21-33(2,3)32-34(4,5)22-13-11-9-8-10-12-20-31-27-18-19-28(30-24-27)26-16-14-25(23-29)15-17-26;1-6-7-15-19(2,3)18-20(4,5)16-13-11-9-8-10-12-14-17;2*13-7-9-1-3-10(4-2-9)12-6-5-11(15)8-14-12;9-5-6-1-3-7(4-2-6)8(10)11;1-5-2-3-6(8)4-7-5/h14-19,24H,6-13,20-22H2,1-5H3;6-16H2,1-5H3;2*1-6,8,15H;1-4,10-11H;2-4,8H,1H3. The lowest BCUT2D eigenvalue weighted by atomic mass is 9.80. The summed E-state index contributed by atoms with van der Waals surface area (Å²) in [6.45, 7) is 26.5. The van der Waals surface area contributed by atoms with Crippen LogP contribution in [0.1, 0.15) is 145 Å². The van der Waals surface area contributed by atoms with Gasteiger partial charge in [-0.05, 0) is 199 Å². The van der Waals surface area contributed by atoms with Crippen LogP contribution in [0.3, 0.4) is 0 Å². The summed E-state index contributed by atoms with van der Waals surface area (Å²) < 4.78 is 19.2. The molecule has 0 radical (unpaired) electrons. The molecule has 8 rings (SSSR count). The highest BCUT2D eigenvalue weighted by atomic mass is 79.9. The van der Waals surface area contributed by atoms with Crippen molar-refractivity contribution in [2.24, 2.45) is 0 Å². The highest BCUT2D eigenvalue weighted by Gasteiger charge is 2.33. The van der Waals surface area contributed by atoms with Crippen molar-refractivity contribution < 1.29 is 38.3 Å². The molecule has 0 aliphatic carbocycles. The molecule has 4 aromatic carbocycles. The first-order chi connectivity index (χ1) is 49.2. The number of halogens is 1. The Morgan fingerprint density at radius 1 is 0.379 bits per heavy atom. The fourth-order valence-electron chi connectivity index (χ4n) is 10.9. The summed E-state index contributed by atoms with van der Waals surface area (Å²) in [5.41, 5.74) is 9.02. The largest absolute Gasteiger partial charge is 0.506 e. The molecule has 22 heteroatoms. The van der Waals surface area contributed by atoms with Gasteiger partial charge in [0.25, 0.3) is 0 Å². The van der Waals surface area contributed by atoms with Gasteiger partial charge >= 0.3 is 7.12 Å². The highest BCUT2D eigenvalue weighted by Crippen LogP contribution is 2.28. The number of pyridine rings is 4. The average molecular weight is 1530 g/mol. The number of nitrogens with zero attached hydrogens (tertiary/aromatic N) is 8. The minimum absolute atomic E-state index is 0.146. The lowest BCUT2D eigenvalue weighted by Crippen LogP contribution is -2.44. The van der Waals surface area contributed by atoms with E-state index in [4.69, 9.17) is 59.4 Å². The Hall–Kier alpha value is -8.11. The van der Waals surface area contributed by atoms with Crippen molar-refractivity contribution in [3.05, 3.63) is 198 Å². The monoisotopic (exact) mass is 1520 g/mol. The lowest BCUT2D eigenvalue weighted by Gasteiger charge is -2.34. The smallest absolute Gasteiger partial charge is 0.488 e.